The van der Waals surface area contributed by atoms with Gasteiger partial charge in [0.2, 0.25) is 5.91 Å². The lowest BCUT2D eigenvalue weighted by Crippen LogP contribution is -2.43. The SMILES string of the molecule is CC1CC(C(=O)NCC2CCS(=O)(=O)C2)CCN1. The molecule has 2 aliphatic heterocycles. The molecule has 0 spiro atoms. The Kier molecular flexibility index (Phi) is 4.27. The Hall–Kier alpha value is -0.620. The van der Waals surface area contributed by atoms with Crippen molar-refractivity contribution in [2.45, 2.75) is 32.2 Å². The summed E-state index contributed by atoms with van der Waals surface area (Å²) in [5.41, 5.74) is 0. The molecule has 0 bridgehead atoms. The summed E-state index contributed by atoms with van der Waals surface area (Å²) in [4.78, 5) is 12.0. The first-order valence-electron chi connectivity index (χ1n) is 6.68. The molecule has 2 fully saturated rings. The molecule has 3 atom stereocenters. The normalized spacial score (nSPS) is 35.3. The van der Waals surface area contributed by atoms with Crippen LogP contribution in [-0.2, 0) is 14.6 Å². The Balaban J connectivity index is 1.75. The van der Waals surface area contributed by atoms with Crippen LogP contribution in [0.5, 0.6) is 0 Å². The zero-order chi connectivity index (χ0) is 13.2. The Morgan fingerprint density at radius 3 is 2.78 bits per heavy atom. The standard InChI is InChI=1S/C12H22N2O3S/c1-9-6-11(2-4-13-9)12(15)14-7-10-3-5-18(16,17)8-10/h9-11,13H,2-8H2,1H3,(H,14,15). The molecule has 2 saturated heterocycles. The van der Waals surface area contributed by atoms with Crippen LogP contribution in [0.3, 0.4) is 0 Å². The van der Waals surface area contributed by atoms with E-state index in [9.17, 15) is 13.2 Å². The topological polar surface area (TPSA) is 75.3 Å². The third kappa shape index (κ3) is 3.68. The second-order valence-electron chi connectivity index (χ2n) is 5.59. The molecule has 0 radical (unpaired) electrons. The molecule has 0 aromatic rings. The van der Waals surface area contributed by atoms with Crippen LogP contribution in [0.15, 0.2) is 0 Å². The highest BCUT2D eigenvalue weighted by Gasteiger charge is 2.29. The molecule has 1 amide bonds. The molecule has 18 heavy (non-hydrogen) atoms. The van der Waals surface area contributed by atoms with Crippen molar-refractivity contribution in [2.24, 2.45) is 11.8 Å². The maximum absolute atomic E-state index is 12.0. The number of amides is 1. The van der Waals surface area contributed by atoms with Gasteiger partial charge >= 0.3 is 0 Å². The summed E-state index contributed by atoms with van der Waals surface area (Å²) >= 11 is 0. The third-order valence-corrected chi connectivity index (χ3v) is 5.72. The van der Waals surface area contributed by atoms with Gasteiger partial charge in [-0.1, -0.05) is 0 Å². The molecule has 2 N–H and O–H groups in total. The quantitative estimate of drug-likeness (QED) is 0.755. The van der Waals surface area contributed by atoms with Crippen LogP contribution in [0.25, 0.3) is 0 Å². The molecule has 2 rings (SSSR count). The number of nitrogens with one attached hydrogen (secondary N) is 2. The van der Waals surface area contributed by atoms with E-state index in [-0.39, 0.29) is 29.2 Å². The van der Waals surface area contributed by atoms with Crippen molar-refractivity contribution in [3.8, 4) is 0 Å². The molecule has 3 unspecified atom stereocenters. The molecule has 0 aliphatic carbocycles. The van der Waals surface area contributed by atoms with Crippen molar-refractivity contribution in [3.63, 3.8) is 0 Å². The molecular weight excluding hydrogens is 252 g/mol. The van der Waals surface area contributed by atoms with Crippen LogP contribution in [-0.4, -0.2) is 45.0 Å². The van der Waals surface area contributed by atoms with Gasteiger partial charge in [0.1, 0.15) is 0 Å². The monoisotopic (exact) mass is 274 g/mol. The average Bonchev–Trinajstić information content (AvgIpc) is 2.66. The molecule has 0 aromatic heterocycles. The van der Waals surface area contributed by atoms with E-state index >= 15 is 0 Å². The number of hydrogen-bond acceptors (Lipinski definition) is 4. The van der Waals surface area contributed by atoms with Crippen molar-refractivity contribution in [1.29, 1.82) is 0 Å². The number of sulfone groups is 1. The summed E-state index contributed by atoms with van der Waals surface area (Å²) in [5.74, 6) is 0.790. The number of hydrogen-bond donors (Lipinski definition) is 2. The van der Waals surface area contributed by atoms with Crippen LogP contribution in [0.4, 0.5) is 0 Å². The van der Waals surface area contributed by atoms with Gasteiger partial charge in [-0.3, -0.25) is 4.79 Å². The van der Waals surface area contributed by atoms with Gasteiger partial charge in [-0.05, 0) is 38.6 Å². The van der Waals surface area contributed by atoms with E-state index < -0.39 is 9.84 Å². The van der Waals surface area contributed by atoms with Crippen molar-refractivity contribution >= 4 is 15.7 Å². The fourth-order valence-electron chi connectivity index (χ4n) is 2.79. The smallest absolute Gasteiger partial charge is 0.223 e. The maximum atomic E-state index is 12.0. The average molecular weight is 274 g/mol. The van der Waals surface area contributed by atoms with E-state index in [0.717, 1.165) is 19.4 Å². The van der Waals surface area contributed by atoms with Crippen LogP contribution >= 0.6 is 0 Å². The second kappa shape index (κ2) is 5.57. The predicted octanol–water partition coefficient (Wildman–Crippen LogP) is -0.0746. The maximum Gasteiger partial charge on any atom is 0.223 e. The summed E-state index contributed by atoms with van der Waals surface area (Å²) in [6, 6.07) is 0.390. The minimum absolute atomic E-state index is 0.0826. The minimum atomic E-state index is -2.84. The summed E-state index contributed by atoms with van der Waals surface area (Å²) in [6.45, 7) is 3.48. The molecule has 0 aromatic carbocycles. The van der Waals surface area contributed by atoms with Crippen LogP contribution in [0.1, 0.15) is 26.2 Å². The number of carbonyl (C=O) groups excluding carboxylic acids is 1. The molecule has 0 saturated carbocycles. The van der Waals surface area contributed by atoms with Gasteiger partial charge in [-0.25, -0.2) is 8.42 Å². The van der Waals surface area contributed by atoms with E-state index in [1.807, 2.05) is 0 Å². The zero-order valence-electron chi connectivity index (χ0n) is 10.8. The van der Waals surface area contributed by atoms with E-state index in [1.54, 1.807) is 0 Å². The lowest BCUT2D eigenvalue weighted by Gasteiger charge is -2.27. The highest BCUT2D eigenvalue weighted by molar-refractivity contribution is 7.91. The molecular formula is C12H22N2O3S. The predicted molar refractivity (Wildman–Crippen MR) is 70.0 cm³/mol. The fraction of sp³-hybridized carbons (Fsp3) is 0.917. The fourth-order valence-corrected chi connectivity index (χ4v) is 4.65. The van der Waals surface area contributed by atoms with Gasteiger partial charge in [0.15, 0.2) is 9.84 Å². The molecule has 2 aliphatic rings. The first kappa shape index (κ1) is 13.8. The Labute approximate surface area is 109 Å². The molecule has 5 nitrogen and oxygen atoms in total. The lowest BCUT2D eigenvalue weighted by atomic mass is 9.92. The van der Waals surface area contributed by atoms with Crippen molar-refractivity contribution in [2.75, 3.05) is 24.6 Å². The summed E-state index contributed by atoms with van der Waals surface area (Å²) in [6.07, 6.45) is 2.43. The first-order chi connectivity index (χ1) is 8.46. The van der Waals surface area contributed by atoms with Gasteiger partial charge in [-0.15, -0.1) is 0 Å². The summed E-state index contributed by atoms with van der Waals surface area (Å²) in [5, 5.41) is 6.24. The van der Waals surface area contributed by atoms with Gasteiger partial charge in [-0.2, -0.15) is 0 Å². The van der Waals surface area contributed by atoms with E-state index in [0.29, 0.717) is 19.0 Å². The van der Waals surface area contributed by atoms with Crippen molar-refractivity contribution < 1.29 is 13.2 Å². The third-order valence-electron chi connectivity index (χ3n) is 3.89. The largest absolute Gasteiger partial charge is 0.356 e. The van der Waals surface area contributed by atoms with Gasteiger partial charge < -0.3 is 10.6 Å². The Morgan fingerprint density at radius 1 is 1.39 bits per heavy atom. The molecule has 2 heterocycles. The van der Waals surface area contributed by atoms with Crippen LogP contribution in [0.2, 0.25) is 0 Å². The molecule has 104 valence electrons. The van der Waals surface area contributed by atoms with Gasteiger partial charge in [0.05, 0.1) is 11.5 Å². The van der Waals surface area contributed by atoms with Crippen molar-refractivity contribution in [3.05, 3.63) is 0 Å². The van der Waals surface area contributed by atoms with E-state index in [2.05, 4.69) is 17.6 Å². The number of piperidine rings is 1. The first-order valence-corrected chi connectivity index (χ1v) is 8.50. The number of rotatable bonds is 3. The Morgan fingerprint density at radius 2 is 2.17 bits per heavy atom. The summed E-state index contributed by atoms with van der Waals surface area (Å²) < 4.78 is 22.6. The van der Waals surface area contributed by atoms with Gasteiger partial charge in [0, 0.05) is 18.5 Å². The zero-order valence-corrected chi connectivity index (χ0v) is 11.6. The minimum Gasteiger partial charge on any atom is -0.356 e. The van der Waals surface area contributed by atoms with Crippen LogP contribution < -0.4 is 10.6 Å². The number of carbonyl (C=O) groups is 1. The highest BCUT2D eigenvalue weighted by atomic mass is 32.2. The van der Waals surface area contributed by atoms with E-state index in [4.69, 9.17) is 0 Å². The van der Waals surface area contributed by atoms with Crippen LogP contribution in [0, 0.1) is 11.8 Å². The van der Waals surface area contributed by atoms with Gasteiger partial charge in [0.25, 0.3) is 0 Å². The van der Waals surface area contributed by atoms with Crippen molar-refractivity contribution in [1.82, 2.24) is 10.6 Å². The van der Waals surface area contributed by atoms with E-state index in [1.165, 1.54) is 0 Å². The second-order valence-corrected chi connectivity index (χ2v) is 7.82. The highest BCUT2D eigenvalue weighted by Crippen LogP contribution is 2.19. The Bertz CT molecular complexity index is 408. The lowest BCUT2D eigenvalue weighted by molar-refractivity contribution is -0.126. The molecule has 6 heteroatoms. The summed E-state index contributed by atoms with van der Waals surface area (Å²) in [7, 11) is -2.84.